The lowest BCUT2D eigenvalue weighted by molar-refractivity contribution is 0.595. The van der Waals surface area contributed by atoms with Crippen molar-refractivity contribution in [2.45, 2.75) is 6.42 Å². The molecule has 1 atom stereocenters. The minimum absolute atomic E-state index is 0.108. The van der Waals surface area contributed by atoms with Gasteiger partial charge in [0.1, 0.15) is 11.6 Å². The fraction of sp³-hybridized carbons (Fsp3) is 0.545. The topological polar surface area (TPSA) is 71.1 Å². The van der Waals surface area contributed by atoms with Gasteiger partial charge in [-0.2, -0.15) is 0 Å². The number of sulfone groups is 1. The number of hydrogen-bond acceptors (Lipinski definition) is 5. The maximum absolute atomic E-state index is 11.4. The third kappa shape index (κ3) is 3.64. The largest absolute Gasteiger partial charge is 0.372 e. The fourth-order valence-electron chi connectivity index (χ4n) is 2.04. The predicted octanol–water partition coefficient (Wildman–Crippen LogP) is 2.28. The third-order valence-electron chi connectivity index (χ3n) is 3.05. The lowest BCUT2D eigenvalue weighted by Gasteiger charge is -2.13. The standard InChI is InChI=1S/C11H15Cl2N3O2S/c1-14-10-8(12)4-9(13)11(16-10)15-5-7-2-3-19(17,18)6-7/h4,7H,2-3,5-6H2,1H3,(H2,14,15,16). The van der Waals surface area contributed by atoms with Crippen molar-refractivity contribution in [2.75, 3.05) is 35.7 Å². The van der Waals surface area contributed by atoms with E-state index in [2.05, 4.69) is 15.6 Å². The Morgan fingerprint density at radius 1 is 1.37 bits per heavy atom. The SMILES string of the molecule is CNc1nc(NCC2CCS(=O)(=O)C2)c(Cl)cc1Cl. The molecule has 8 heteroatoms. The number of nitrogens with one attached hydrogen (secondary N) is 2. The summed E-state index contributed by atoms with van der Waals surface area (Å²) in [4.78, 5) is 4.25. The molecule has 0 saturated carbocycles. The quantitative estimate of drug-likeness (QED) is 0.889. The smallest absolute Gasteiger partial charge is 0.150 e. The van der Waals surface area contributed by atoms with Crippen LogP contribution < -0.4 is 10.6 Å². The van der Waals surface area contributed by atoms with Crippen LogP contribution in [-0.2, 0) is 9.84 Å². The average molecular weight is 324 g/mol. The highest BCUT2D eigenvalue weighted by Gasteiger charge is 2.27. The van der Waals surface area contributed by atoms with Crippen LogP contribution in [0.1, 0.15) is 6.42 Å². The molecule has 2 heterocycles. The Kier molecular flexibility index (Phi) is 4.43. The Labute approximate surface area is 122 Å². The molecule has 5 nitrogen and oxygen atoms in total. The first-order chi connectivity index (χ1) is 8.91. The zero-order valence-corrected chi connectivity index (χ0v) is 12.7. The van der Waals surface area contributed by atoms with Crippen molar-refractivity contribution in [3.05, 3.63) is 16.1 Å². The van der Waals surface area contributed by atoms with E-state index in [1.54, 1.807) is 13.1 Å². The maximum atomic E-state index is 11.4. The van der Waals surface area contributed by atoms with Gasteiger partial charge in [-0.05, 0) is 18.4 Å². The van der Waals surface area contributed by atoms with Gasteiger partial charge in [0.05, 0.1) is 21.6 Å². The number of anilines is 2. The zero-order valence-electron chi connectivity index (χ0n) is 10.4. The summed E-state index contributed by atoms with van der Waals surface area (Å²) >= 11 is 12.0. The predicted molar refractivity (Wildman–Crippen MR) is 79.1 cm³/mol. The number of nitrogens with zero attached hydrogens (tertiary/aromatic N) is 1. The van der Waals surface area contributed by atoms with Gasteiger partial charge in [-0.3, -0.25) is 0 Å². The van der Waals surface area contributed by atoms with Crippen molar-refractivity contribution in [3.8, 4) is 0 Å². The van der Waals surface area contributed by atoms with E-state index < -0.39 is 9.84 Å². The first-order valence-electron chi connectivity index (χ1n) is 5.89. The number of rotatable bonds is 4. The number of aromatic nitrogens is 1. The summed E-state index contributed by atoms with van der Waals surface area (Å²) in [7, 11) is -1.14. The molecule has 106 valence electrons. The van der Waals surface area contributed by atoms with Crippen LogP contribution in [-0.4, -0.2) is 38.5 Å². The summed E-state index contributed by atoms with van der Waals surface area (Å²) in [6, 6.07) is 1.61. The van der Waals surface area contributed by atoms with E-state index in [9.17, 15) is 8.42 Å². The number of hydrogen-bond donors (Lipinski definition) is 2. The number of halogens is 2. The van der Waals surface area contributed by atoms with E-state index in [1.165, 1.54) is 0 Å². The molecule has 1 saturated heterocycles. The van der Waals surface area contributed by atoms with Crippen LogP contribution in [0.3, 0.4) is 0 Å². The molecule has 1 aromatic rings. The molecule has 0 radical (unpaired) electrons. The molecule has 1 aliphatic rings. The zero-order chi connectivity index (χ0) is 14.0. The normalized spacial score (nSPS) is 21.3. The van der Waals surface area contributed by atoms with Crippen molar-refractivity contribution in [1.29, 1.82) is 0 Å². The second-order valence-electron chi connectivity index (χ2n) is 4.55. The van der Waals surface area contributed by atoms with E-state index in [0.29, 0.717) is 34.6 Å². The van der Waals surface area contributed by atoms with Gasteiger partial charge in [0.25, 0.3) is 0 Å². The van der Waals surface area contributed by atoms with Crippen LogP contribution in [0.15, 0.2) is 6.07 Å². The van der Waals surface area contributed by atoms with E-state index in [1.807, 2.05) is 0 Å². The molecule has 0 spiro atoms. The highest BCUT2D eigenvalue weighted by atomic mass is 35.5. The van der Waals surface area contributed by atoms with Crippen LogP contribution in [0.25, 0.3) is 0 Å². The molecular formula is C11H15Cl2N3O2S. The van der Waals surface area contributed by atoms with Gasteiger partial charge in [0, 0.05) is 13.6 Å². The van der Waals surface area contributed by atoms with Gasteiger partial charge < -0.3 is 10.6 Å². The summed E-state index contributed by atoms with van der Waals surface area (Å²) in [6.07, 6.45) is 0.680. The van der Waals surface area contributed by atoms with Crippen LogP contribution in [0.5, 0.6) is 0 Å². The fourth-order valence-corrected chi connectivity index (χ4v) is 4.42. The molecule has 1 aliphatic heterocycles. The van der Waals surface area contributed by atoms with Crippen molar-refractivity contribution in [2.24, 2.45) is 5.92 Å². The minimum atomic E-state index is -2.86. The molecule has 1 aromatic heterocycles. The summed E-state index contributed by atoms with van der Waals surface area (Å²) < 4.78 is 22.7. The van der Waals surface area contributed by atoms with Crippen LogP contribution in [0, 0.1) is 5.92 Å². The monoisotopic (exact) mass is 323 g/mol. The van der Waals surface area contributed by atoms with Gasteiger partial charge in [0.2, 0.25) is 0 Å². The Morgan fingerprint density at radius 2 is 2.05 bits per heavy atom. The van der Waals surface area contributed by atoms with E-state index in [4.69, 9.17) is 23.2 Å². The molecule has 2 N–H and O–H groups in total. The first kappa shape index (κ1) is 14.7. The highest BCUT2D eigenvalue weighted by Crippen LogP contribution is 2.29. The van der Waals surface area contributed by atoms with Gasteiger partial charge in [0.15, 0.2) is 9.84 Å². The molecule has 1 unspecified atom stereocenters. The van der Waals surface area contributed by atoms with Gasteiger partial charge in [-0.25, -0.2) is 13.4 Å². The summed E-state index contributed by atoms with van der Waals surface area (Å²) in [5, 5.41) is 6.82. The van der Waals surface area contributed by atoms with Gasteiger partial charge >= 0.3 is 0 Å². The molecule has 2 rings (SSSR count). The molecule has 0 aromatic carbocycles. The molecule has 1 fully saturated rings. The summed E-state index contributed by atoms with van der Waals surface area (Å²) in [6.45, 7) is 0.538. The lowest BCUT2D eigenvalue weighted by atomic mass is 10.1. The summed E-state index contributed by atoms with van der Waals surface area (Å²) in [5.74, 6) is 1.65. The van der Waals surface area contributed by atoms with Crippen molar-refractivity contribution in [1.82, 2.24) is 4.98 Å². The Bertz CT molecular complexity index is 578. The molecule has 0 bridgehead atoms. The average Bonchev–Trinajstić information content (AvgIpc) is 2.68. The van der Waals surface area contributed by atoms with Crippen LogP contribution in [0.4, 0.5) is 11.6 Å². The molecule has 0 aliphatic carbocycles. The number of pyridine rings is 1. The lowest BCUT2D eigenvalue weighted by Crippen LogP contribution is -2.16. The van der Waals surface area contributed by atoms with Crippen molar-refractivity contribution >= 4 is 44.7 Å². The Hall–Kier alpha value is -0.720. The minimum Gasteiger partial charge on any atom is -0.372 e. The van der Waals surface area contributed by atoms with Crippen LogP contribution >= 0.6 is 23.2 Å². The van der Waals surface area contributed by atoms with Gasteiger partial charge in [-0.1, -0.05) is 23.2 Å². The second-order valence-corrected chi connectivity index (χ2v) is 7.59. The van der Waals surface area contributed by atoms with Crippen molar-refractivity contribution < 1.29 is 8.42 Å². The van der Waals surface area contributed by atoms with E-state index in [-0.39, 0.29) is 17.4 Å². The first-order valence-corrected chi connectivity index (χ1v) is 8.47. The van der Waals surface area contributed by atoms with Crippen molar-refractivity contribution in [3.63, 3.8) is 0 Å². The molecular weight excluding hydrogens is 309 g/mol. The van der Waals surface area contributed by atoms with E-state index >= 15 is 0 Å². The van der Waals surface area contributed by atoms with Crippen LogP contribution in [0.2, 0.25) is 10.0 Å². The third-order valence-corrected chi connectivity index (χ3v) is 5.46. The second kappa shape index (κ2) is 5.73. The maximum Gasteiger partial charge on any atom is 0.150 e. The Morgan fingerprint density at radius 3 is 2.63 bits per heavy atom. The summed E-state index contributed by atoms with van der Waals surface area (Å²) in [5.41, 5.74) is 0. The van der Waals surface area contributed by atoms with E-state index in [0.717, 1.165) is 0 Å². The molecule has 0 amide bonds. The highest BCUT2D eigenvalue weighted by molar-refractivity contribution is 7.91. The Balaban J connectivity index is 2.04. The van der Waals surface area contributed by atoms with Gasteiger partial charge in [-0.15, -0.1) is 0 Å². The molecule has 19 heavy (non-hydrogen) atoms.